The number of hydrogen-bond donors (Lipinski definition) is 1. The average Bonchev–Trinajstić information content (AvgIpc) is 2.51. The van der Waals surface area contributed by atoms with Crippen LogP contribution in [-0.4, -0.2) is 49.8 Å². The van der Waals surface area contributed by atoms with Crippen LogP contribution in [0.15, 0.2) is 24.1 Å². The van der Waals surface area contributed by atoms with Crippen LogP contribution >= 0.6 is 0 Å². The Labute approximate surface area is 148 Å². The molecule has 1 saturated heterocycles. The van der Waals surface area contributed by atoms with Crippen molar-refractivity contribution in [2.75, 3.05) is 27.3 Å². The molecule has 0 radical (unpaired) electrons. The Kier molecular flexibility index (Phi) is 7.05. The van der Waals surface area contributed by atoms with Crippen molar-refractivity contribution in [3.63, 3.8) is 0 Å². The summed E-state index contributed by atoms with van der Waals surface area (Å²) in [5, 5.41) is 2.92. The molecule has 0 aromatic heterocycles. The van der Waals surface area contributed by atoms with Crippen molar-refractivity contribution in [1.29, 1.82) is 0 Å². The number of piperidine rings is 1. The zero-order valence-electron chi connectivity index (χ0n) is 16.4. The first-order valence-electron chi connectivity index (χ1n) is 8.56. The van der Waals surface area contributed by atoms with E-state index in [4.69, 9.17) is 9.47 Å². The van der Waals surface area contributed by atoms with E-state index in [0.717, 1.165) is 31.7 Å². The fraction of sp³-hybridized carbons (Fsp3) is 0.737. The summed E-state index contributed by atoms with van der Waals surface area (Å²) in [4.78, 5) is 14.9. The predicted octanol–water partition coefficient (Wildman–Crippen LogP) is 3.33. The van der Waals surface area contributed by atoms with E-state index in [0.29, 0.717) is 11.8 Å². The van der Waals surface area contributed by atoms with Crippen molar-refractivity contribution in [2.24, 2.45) is 5.41 Å². The third-order valence-corrected chi connectivity index (χ3v) is 4.66. The maximum atomic E-state index is 12.7. The molecule has 1 aliphatic rings. The molecule has 5 heteroatoms. The summed E-state index contributed by atoms with van der Waals surface area (Å²) in [6.45, 7) is 15.7. The summed E-state index contributed by atoms with van der Waals surface area (Å²) >= 11 is 0. The predicted molar refractivity (Wildman–Crippen MR) is 99.6 cm³/mol. The van der Waals surface area contributed by atoms with Gasteiger partial charge in [-0.2, -0.15) is 0 Å². The Balaban J connectivity index is 0.00000576. The standard InChI is InChI=1S/C19H34N2O3.H2/c1-14(13-16(24-8)18(2,3)4)20-17(22)19(5,6)21-11-9-15(23-7)10-12-21;/h13,15H,1,9-12H2,2-8H3,(H,20,22);1H/b16-13-;. The number of hydrogen-bond acceptors (Lipinski definition) is 4. The van der Waals surface area contributed by atoms with E-state index in [9.17, 15) is 4.79 Å². The molecule has 0 aliphatic carbocycles. The Morgan fingerprint density at radius 3 is 2.17 bits per heavy atom. The molecule has 5 nitrogen and oxygen atoms in total. The van der Waals surface area contributed by atoms with Crippen LogP contribution in [0.2, 0.25) is 0 Å². The molecule has 0 aromatic carbocycles. The zero-order valence-corrected chi connectivity index (χ0v) is 16.4. The lowest BCUT2D eigenvalue weighted by molar-refractivity contribution is -0.132. The number of methoxy groups -OCH3 is 2. The number of nitrogens with one attached hydrogen (secondary N) is 1. The molecule has 1 heterocycles. The Hall–Kier alpha value is -1.33. The molecule has 0 spiro atoms. The second-order valence-corrected chi connectivity index (χ2v) is 7.92. The van der Waals surface area contributed by atoms with Crippen LogP contribution < -0.4 is 5.32 Å². The minimum Gasteiger partial charge on any atom is -0.500 e. The van der Waals surface area contributed by atoms with Crippen LogP contribution in [0.1, 0.15) is 48.9 Å². The van der Waals surface area contributed by atoms with E-state index in [-0.39, 0.29) is 12.7 Å². The maximum Gasteiger partial charge on any atom is 0.244 e. The summed E-state index contributed by atoms with van der Waals surface area (Å²) in [6, 6.07) is 0. The molecule has 1 amide bonds. The van der Waals surface area contributed by atoms with Crippen molar-refractivity contribution >= 4 is 5.91 Å². The molecule has 0 bridgehead atoms. The molecule has 0 aromatic rings. The van der Waals surface area contributed by atoms with Gasteiger partial charge >= 0.3 is 0 Å². The van der Waals surface area contributed by atoms with E-state index < -0.39 is 5.54 Å². The van der Waals surface area contributed by atoms with Gasteiger partial charge in [-0.15, -0.1) is 0 Å². The van der Waals surface area contributed by atoms with E-state index in [1.807, 2.05) is 13.8 Å². The van der Waals surface area contributed by atoms with Gasteiger partial charge in [0.1, 0.15) is 5.76 Å². The van der Waals surface area contributed by atoms with Crippen molar-refractivity contribution in [3.8, 4) is 0 Å². The fourth-order valence-corrected chi connectivity index (χ4v) is 2.87. The molecular formula is C19H36N2O3. The third-order valence-electron chi connectivity index (χ3n) is 4.66. The number of rotatable bonds is 6. The lowest BCUT2D eigenvalue weighted by Crippen LogP contribution is -2.57. The fourth-order valence-electron chi connectivity index (χ4n) is 2.87. The number of ether oxygens (including phenoxy) is 2. The number of allylic oxidation sites excluding steroid dienone is 2. The molecular weight excluding hydrogens is 304 g/mol. The minimum atomic E-state index is -0.593. The number of nitrogens with zero attached hydrogens (tertiary/aromatic N) is 1. The SMILES string of the molecule is C=C(/C=C(\OC)C(C)(C)C)NC(=O)C(C)(C)N1CCC(OC)CC1.[HH]. The smallest absolute Gasteiger partial charge is 0.244 e. The van der Waals surface area contributed by atoms with Gasteiger partial charge in [0, 0.05) is 32.7 Å². The maximum absolute atomic E-state index is 12.7. The largest absolute Gasteiger partial charge is 0.500 e. The lowest BCUT2D eigenvalue weighted by atomic mass is 9.93. The first-order valence-corrected chi connectivity index (χ1v) is 8.56. The van der Waals surface area contributed by atoms with Crippen LogP contribution in [0, 0.1) is 5.41 Å². The van der Waals surface area contributed by atoms with Gasteiger partial charge in [-0.1, -0.05) is 27.4 Å². The molecule has 24 heavy (non-hydrogen) atoms. The summed E-state index contributed by atoms with van der Waals surface area (Å²) < 4.78 is 10.8. The highest BCUT2D eigenvalue weighted by Crippen LogP contribution is 2.27. The molecule has 1 fully saturated rings. The molecule has 0 saturated carbocycles. The number of amides is 1. The Morgan fingerprint density at radius 1 is 1.21 bits per heavy atom. The van der Waals surface area contributed by atoms with Crippen molar-refractivity contribution in [3.05, 3.63) is 24.1 Å². The van der Waals surface area contributed by atoms with Crippen molar-refractivity contribution in [2.45, 2.75) is 59.1 Å². The van der Waals surface area contributed by atoms with Gasteiger partial charge in [0.15, 0.2) is 0 Å². The highest BCUT2D eigenvalue weighted by atomic mass is 16.5. The quantitative estimate of drug-likeness (QED) is 0.595. The molecule has 0 atom stereocenters. The molecule has 140 valence electrons. The number of likely N-dealkylation sites (tertiary alicyclic amines) is 1. The van der Waals surface area contributed by atoms with Gasteiger partial charge < -0.3 is 14.8 Å². The van der Waals surface area contributed by atoms with Gasteiger partial charge in [-0.25, -0.2) is 0 Å². The topological polar surface area (TPSA) is 50.8 Å². The molecule has 1 aliphatic heterocycles. The van der Waals surface area contributed by atoms with Gasteiger partial charge in [0.25, 0.3) is 0 Å². The zero-order chi connectivity index (χ0) is 18.5. The van der Waals surface area contributed by atoms with Crippen LogP contribution in [0.4, 0.5) is 0 Å². The minimum absolute atomic E-state index is 0. The lowest BCUT2D eigenvalue weighted by Gasteiger charge is -2.41. The monoisotopic (exact) mass is 340 g/mol. The normalized spacial score (nSPS) is 18.4. The van der Waals surface area contributed by atoms with E-state index in [2.05, 4.69) is 37.6 Å². The first kappa shape index (κ1) is 20.7. The summed E-state index contributed by atoms with van der Waals surface area (Å²) in [5.74, 6) is 0.732. The molecule has 1 rings (SSSR count). The van der Waals surface area contributed by atoms with Crippen molar-refractivity contribution < 1.29 is 15.7 Å². The van der Waals surface area contributed by atoms with Crippen LogP contribution in [-0.2, 0) is 14.3 Å². The van der Waals surface area contributed by atoms with E-state index in [1.54, 1.807) is 20.3 Å². The van der Waals surface area contributed by atoms with E-state index in [1.165, 1.54) is 0 Å². The average molecular weight is 341 g/mol. The number of carbonyl (C=O) groups excluding carboxylic acids is 1. The second-order valence-electron chi connectivity index (χ2n) is 7.92. The van der Waals surface area contributed by atoms with Crippen molar-refractivity contribution in [1.82, 2.24) is 10.2 Å². The third kappa shape index (κ3) is 5.35. The highest BCUT2D eigenvalue weighted by molar-refractivity contribution is 5.87. The van der Waals surface area contributed by atoms with Crippen LogP contribution in [0.25, 0.3) is 0 Å². The van der Waals surface area contributed by atoms with Gasteiger partial charge in [-0.3, -0.25) is 9.69 Å². The number of carbonyl (C=O) groups is 1. The first-order chi connectivity index (χ1) is 11.0. The molecule has 0 unspecified atom stereocenters. The summed E-state index contributed by atoms with van der Waals surface area (Å²) in [6.07, 6.45) is 4.00. The Morgan fingerprint density at radius 2 is 1.75 bits per heavy atom. The second kappa shape index (κ2) is 8.17. The van der Waals surface area contributed by atoms with Gasteiger partial charge in [-0.05, 0) is 32.8 Å². The van der Waals surface area contributed by atoms with Crippen LogP contribution in [0.3, 0.4) is 0 Å². The summed E-state index contributed by atoms with van der Waals surface area (Å²) in [5.41, 5.74) is -0.184. The van der Waals surface area contributed by atoms with E-state index >= 15 is 0 Å². The Bertz CT molecular complexity index is 487. The summed E-state index contributed by atoms with van der Waals surface area (Å²) in [7, 11) is 3.38. The highest BCUT2D eigenvalue weighted by Gasteiger charge is 2.37. The van der Waals surface area contributed by atoms with Gasteiger partial charge in [0.05, 0.1) is 18.8 Å². The molecule has 1 N–H and O–H groups in total. The van der Waals surface area contributed by atoms with Gasteiger partial charge in [0.2, 0.25) is 5.91 Å². The van der Waals surface area contributed by atoms with Crippen LogP contribution in [0.5, 0.6) is 0 Å².